The molecule has 0 aliphatic carbocycles. The number of carbonyl (C=O) groups excluding carboxylic acids is 1. The van der Waals surface area contributed by atoms with E-state index < -0.39 is 0 Å². The number of hydrogen-bond donors (Lipinski definition) is 1. The van der Waals surface area contributed by atoms with Gasteiger partial charge in [0.1, 0.15) is 0 Å². The molecule has 0 fully saturated rings. The van der Waals surface area contributed by atoms with Gasteiger partial charge in [0, 0.05) is 0 Å². The molecular weight excluding hydrogens is 262 g/mol. The van der Waals surface area contributed by atoms with Gasteiger partial charge in [0.2, 0.25) is 11.9 Å². The minimum absolute atomic E-state index is 0.00162. The number of aromatic nitrogens is 2. The van der Waals surface area contributed by atoms with Crippen LogP contribution in [0.3, 0.4) is 0 Å². The van der Waals surface area contributed by atoms with Crippen LogP contribution < -0.4 is 5.32 Å². The molecule has 0 saturated carbocycles. The Bertz CT molecular complexity index is 833. The molecule has 104 valence electrons. The molecule has 1 unspecified atom stereocenters. The van der Waals surface area contributed by atoms with Crippen molar-refractivity contribution in [1.82, 2.24) is 9.55 Å². The smallest absolute Gasteiger partial charge is 0.229 e. The van der Waals surface area contributed by atoms with Crippen molar-refractivity contribution in [2.45, 2.75) is 19.4 Å². The second-order valence-electron chi connectivity index (χ2n) is 5.47. The van der Waals surface area contributed by atoms with E-state index in [0.29, 0.717) is 12.4 Å². The van der Waals surface area contributed by atoms with Crippen LogP contribution >= 0.6 is 0 Å². The quantitative estimate of drug-likeness (QED) is 0.742. The van der Waals surface area contributed by atoms with E-state index in [1.807, 2.05) is 24.3 Å². The number of benzene rings is 2. The molecule has 0 radical (unpaired) electrons. The third-order valence-electron chi connectivity index (χ3n) is 4.00. The summed E-state index contributed by atoms with van der Waals surface area (Å²) in [6, 6.07) is 16.3. The molecule has 1 aliphatic heterocycles. The fourth-order valence-electron chi connectivity index (χ4n) is 2.95. The van der Waals surface area contributed by atoms with Gasteiger partial charge in [-0.3, -0.25) is 10.1 Å². The lowest BCUT2D eigenvalue weighted by atomic mass is 10.0. The van der Waals surface area contributed by atoms with Crippen LogP contribution in [0.1, 0.15) is 23.6 Å². The Morgan fingerprint density at radius 1 is 1.14 bits per heavy atom. The summed E-state index contributed by atoms with van der Waals surface area (Å²) < 4.78 is 2.13. The zero-order chi connectivity index (χ0) is 14.4. The van der Waals surface area contributed by atoms with Crippen molar-refractivity contribution in [3.63, 3.8) is 0 Å². The highest BCUT2D eigenvalue weighted by molar-refractivity contribution is 5.94. The van der Waals surface area contributed by atoms with Crippen LogP contribution in [0.2, 0.25) is 0 Å². The first-order valence-electron chi connectivity index (χ1n) is 7.06. The molecule has 1 amide bonds. The Kier molecular flexibility index (Phi) is 2.57. The Morgan fingerprint density at radius 3 is 2.71 bits per heavy atom. The van der Waals surface area contributed by atoms with Crippen molar-refractivity contribution in [2.24, 2.45) is 0 Å². The molecule has 0 spiro atoms. The van der Waals surface area contributed by atoms with Crippen molar-refractivity contribution in [1.29, 1.82) is 0 Å². The number of nitrogens with one attached hydrogen (secondary N) is 1. The number of imidazole rings is 1. The first-order valence-corrected chi connectivity index (χ1v) is 7.06. The molecule has 1 aliphatic rings. The number of hydrogen-bond acceptors (Lipinski definition) is 2. The van der Waals surface area contributed by atoms with E-state index in [4.69, 9.17) is 0 Å². The molecule has 2 aromatic carbocycles. The Labute approximate surface area is 122 Å². The number of fused-ring (bicyclic) bond motifs is 3. The molecule has 4 rings (SSSR count). The van der Waals surface area contributed by atoms with E-state index >= 15 is 0 Å². The maximum Gasteiger partial charge on any atom is 0.229 e. The maximum atomic E-state index is 12.0. The second kappa shape index (κ2) is 4.45. The molecule has 0 bridgehead atoms. The number of amides is 1. The van der Waals surface area contributed by atoms with Gasteiger partial charge in [0.05, 0.1) is 23.5 Å². The van der Waals surface area contributed by atoms with Crippen LogP contribution in [0, 0.1) is 6.92 Å². The van der Waals surface area contributed by atoms with E-state index in [1.54, 1.807) is 0 Å². The molecule has 1 atom stereocenters. The Balaban J connectivity index is 1.94. The fraction of sp³-hybridized carbons (Fsp3) is 0.176. The van der Waals surface area contributed by atoms with Crippen molar-refractivity contribution >= 4 is 22.9 Å². The monoisotopic (exact) mass is 277 g/mol. The van der Waals surface area contributed by atoms with Gasteiger partial charge in [0.25, 0.3) is 0 Å². The van der Waals surface area contributed by atoms with Gasteiger partial charge in [-0.25, -0.2) is 4.98 Å². The lowest BCUT2D eigenvalue weighted by molar-refractivity contribution is -0.117. The first-order chi connectivity index (χ1) is 10.2. The molecular formula is C17H15N3O. The van der Waals surface area contributed by atoms with Crippen LogP contribution in [0.25, 0.3) is 11.0 Å². The number of carbonyl (C=O) groups is 1. The highest BCUT2D eigenvalue weighted by Crippen LogP contribution is 2.34. The van der Waals surface area contributed by atoms with E-state index in [2.05, 4.69) is 46.1 Å². The van der Waals surface area contributed by atoms with E-state index in [9.17, 15) is 4.79 Å². The maximum absolute atomic E-state index is 12.0. The minimum Gasteiger partial charge on any atom is -0.302 e. The van der Waals surface area contributed by atoms with E-state index in [0.717, 1.165) is 16.6 Å². The van der Waals surface area contributed by atoms with E-state index in [1.165, 1.54) is 5.56 Å². The molecule has 2 heterocycles. The zero-order valence-electron chi connectivity index (χ0n) is 11.7. The van der Waals surface area contributed by atoms with Crippen molar-refractivity contribution < 1.29 is 4.79 Å². The average molecular weight is 277 g/mol. The minimum atomic E-state index is 0.00162. The highest BCUT2D eigenvalue weighted by Gasteiger charge is 2.28. The number of rotatable bonds is 1. The summed E-state index contributed by atoms with van der Waals surface area (Å²) in [5, 5.41) is 2.87. The van der Waals surface area contributed by atoms with Gasteiger partial charge in [-0.15, -0.1) is 0 Å². The summed E-state index contributed by atoms with van der Waals surface area (Å²) in [4.78, 5) is 16.5. The van der Waals surface area contributed by atoms with Crippen molar-refractivity contribution in [3.05, 3.63) is 59.7 Å². The molecule has 3 aromatic rings. The second-order valence-corrected chi connectivity index (χ2v) is 5.47. The third kappa shape index (κ3) is 1.91. The molecule has 4 nitrogen and oxygen atoms in total. The summed E-state index contributed by atoms with van der Waals surface area (Å²) in [7, 11) is 0. The summed E-state index contributed by atoms with van der Waals surface area (Å²) in [5.41, 5.74) is 4.32. The van der Waals surface area contributed by atoms with Crippen LogP contribution in [0.4, 0.5) is 5.95 Å². The third-order valence-corrected chi connectivity index (χ3v) is 4.00. The summed E-state index contributed by atoms with van der Waals surface area (Å²) in [5.74, 6) is 0.654. The lowest BCUT2D eigenvalue weighted by Crippen LogP contribution is -2.28. The van der Waals surface area contributed by atoms with Crippen molar-refractivity contribution in [3.8, 4) is 0 Å². The van der Waals surface area contributed by atoms with Gasteiger partial charge in [0.15, 0.2) is 0 Å². The summed E-state index contributed by atoms with van der Waals surface area (Å²) in [6.07, 6.45) is 0.441. The van der Waals surface area contributed by atoms with Gasteiger partial charge < -0.3 is 4.57 Å². The Morgan fingerprint density at radius 2 is 1.90 bits per heavy atom. The molecule has 0 saturated heterocycles. The topological polar surface area (TPSA) is 46.9 Å². The summed E-state index contributed by atoms with van der Waals surface area (Å²) >= 11 is 0. The average Bonchev–Trinajstić information content (AvgIpc) is 2.85. The fourth-order valence-corrected chi connectivity index (χ4v) is 2.95. The molecule has 1 aromatic heterocycles. The molecule has 21 heavy (non-hydrogen) atoms. The van der Waals surface area contributed by atoms with Gasteiger partial charge in [-0.1, -0.05) is 42.0 Å². The van der Waals surface area contributed by atoms with Crippen LogP contribution in [0.5, 0.6) is 0 Å². The standard InChI is InChI=1S/C17H15N3O/c1-11-6-8-12(9-7-11)15-10-16(21)19-17-18-13-4-2-3-5-14(13)20(15)17/h2-9,15H,10H2,1H3,(H,18,19,21). The van der Waals surface area contributed by atoms with Gasteiger partial charge in [-0.05, 0) is 24.6 Å². The normalized spacial score (nSPS) is 17.6. The largest absolute Gasteiger partial charge is 0.302 e. The molecule has 1 N–H and O–H groups in total. The van der Waals surface area contributed by atoms with Crippen LogP contribution in [-0.2, 0) is 4.79 Å². The SMILES string of the molecule is Cc1ccc(C2CC(=O)Nc3nc4ccccc4n32)cc1. The highest BCUT2D eigenvalue weighted by atomic mass is 16.2. The number of anilines is 1. The molecule has 4 heteroatoms. The number of nitrogens with zero attached hydrogens (tertiary/aromatic N) is 2. The van der Waals surface area contributed by atoms with Crippen LogP contribution in [0.15, 0.2) is 48.5 Å². The lowest BCUT2D eigenvalue weighted by Gasteiger charge is -2.26. The zero-order valence-corrected chi connectivity index (χ0v) is 11.7. The Hall–Kier alpha value is -2.62. The van der Waals surface area contributed by atoms with Gasteiger partial charge in [-0.2, -0.15) is 0 Å². The van der Waals surface area contributed by atoms with E-state index in [-0.39, 0.29) is 11.9 Å². The number of aryl methyl sites for hydroxylation is 1. The first kappa shape index (κ1) is 12.1. The number of para-hydroxylation sites is 2. The van der Waals surface area contributed by atoms with Crippen molar-refractivity contribution in [2.75, 3.05) is 5.32 Å². The van der Waals surface area contributed by atoms with Gasteiger partial charge >= 0.3 is 0 Å². The predicted molar refractivity (Wildman–Crippen MR) is 82.3 cm³/mol. The van der Waals surface area contributed by atoms with Crippen LogP contribution in [-0.4, -0.2) is 15.5 Å². The summed E-state index contributed by atoms with van der Waals surface area (Å²) in [6.45, 7) is 2.06. The predicted octanol–water partition coefficient (Wildman–Crippen LogP) is 3.28.